The van der Waals surface area contributed by atoms with Crippen molar-refractivity contribution in [3.63, 3.8) is 0 Å². The first-order valence-corrected chi connectivity index (χ1v) is 9.20. The van der Waals surface area contributed by atoms with Gasteiger partial charge in [-0.25, -0.2) is 0 Å². The molecule has 0 amide bonds. The topological polar surface area (TPSA) is 20.2 Å². The van der Waals surface area contributed by atoms with Gasteiger partial charge in [-0.05, 0) is 42.7 Å². The van der Waals surface area contributed by atoms with E-state index >= 15 is 0 Å². The molecule has 0 aliphatic rings. The summed E-state index contributed by atoms with van der Waals surface area (Å²) < 4.78 is 1.08. The lowest BCUT2D eigenvalue weighted by Crippen LogP contribution is -2.21. The van der Waals surface area contributed by atoms with Gasteiger partial charge in [0.2, 0.25) is 0 Å². The lowest BCUT2D eigenvalue weighted by molar-refractivity contribution is 0.130. The van der Waals surface area contributed by atoms with Crippen LogP contribution < -0.4 is 0 Å². The SMILES string of the molecule is C=C[C@@H](CSc1ccc(Br)cc1)[C@@H](O)CCc1ccccc1. The molecule has 2 aromatic carbocycles. The molecule has 2 aromatic rings. The normalized spacial score (nSPS) is 13.5. The molecule has 0 spiro atoms. The van der Waals surface area contributed by atoms with Gasteiger partial charge in [0.05, 0.1) is 6.10 Å². The van der Waals surface area contributed by atoms with Crippen LogP contribution in [-0.4, -0.2) is 17.0 Å². The van der Waals surface area contributed by atoms with Crippen molar-refractivity contribution in [3.05, 3.63) is 77.3 Å². The van der Waals surface area contributed by atoms with Gasteiger partial charge in [-0.1, -0.05) is 52.3 Å². The second-order valence-corrected chi connectivity index (χ2v) is 7.27. The molecule has 0 aliphatic heterocycles. The fourth-order valence-electron chi connectivity index (χ4n) is 2.23. The Balaban J connectivity index is 1.82. The van der Waals surface area contributed by atoms with Crippen LogP contribution in [0.15, 0.2) is 76.6 Å². The molecule has 0 heterocycles. The maximum atomic E-state index is 10.4. The van der Waals surface area contributed by atoms with E-state index in [0.29, 0.717) is 0 Å². The minimum absolute atomic E-state index is 0.109. The zero-order chi connectivity index (χ0) is 15.8. The first-order valence-electron chi connectivity index (χ1n) is 7.42. The molecule has 2 atom stereocenters. The molecule has 0 aliphatic carbocycles. The lowest BCUT2D eigenvalue weighted by atomic mass is 9.98. The van der Waals surface area contributed by atoms with Crippen LogP contribution in [-0.2, 0) is 6.42 Å². The molecule has 0 fully saturated rings. The van der Waals surface area contributed by atoms with E-state index in [-0.39, 0.29) is 12.0 Å². The molecular formula is C19H21BrOS. The molecule has 0 aromatic heterocycles. The molecule has 0 unspecified atom stereocenters. The van der Waals surface area contributed by atoms with Crippen LogP contribution in [0, 0.1) is 5.92 Å². The predicted molar refractivity (Wildman–Crippen MR) is 99.3 cm³/mol. The molecule has 1 N–H and O–H groups in total. The Morgan fingerprint density at radius 1 is 1.09 bits per heavy atom. The molecule has 0 saturated carbocycles. The van der Waals surface area contributed by atoms with Crippen molar-refractivity contribution >= 4 is 27.7 Å². The van der Waals surface area contributed by atoms with Crippen LogP contribution in [0.4, 0.5) is 0 Å². The van der Waals surface area contributed by atoms with Crippen molar-refractivity contribution in [2.24, 2.45) is 5.92 Å². The second-order valence-electron chi connectivity index (χ2n) is 5.26. The summed E-state index contributed by atoms with van der Waals surface area (Å²) in [4.78, 5) is 1.21. The fourth-order valence-corrected chi connectivity index (χ4v) is 3.57. The van der Waals surface area contributed by atoms with E-state index in [1.54, 1.807) is 11.8 Å². The molecule has 1 nitrogen and oxygen atoms in total. The van der Waals surface area contributed by atoms with Crippen LogP contribution in [0.3, 0.4) is 0 Å². The van der Waals surface area contributed by atoms with Crippen LogP contribution >= 0.6 is 27.7 Å². The molecule has 2 rings (SSSR count). The van der Waals surface area contributed by atoms with E-state index in [1.165, 1.54) is 10.5 Å². The predicted octanol–water partition coefficient (Wildman–Crippen LogP) is 5.34. The van der Waals surface area contributed by atoms with Crippen molar-refractivity contribution in [1.82, 2.24) is 0 Å². The van der Waals surface area contributed by atoms with E-state index in [2.05, 4.69) is 46.8 Å². The molecule has 116 valence electrons. The van der Waals surface area contributed by atoms with Crippen molar-refractivity contribution < 1.29 is 5.11 Å². The van der Waals surface area contributed by atoms with Gasteiger partial charge >= 0.3 is 0 Å². The molecule has 3 heteroatoms. The summed E-state index contributed by atoms with van der Waals surface area (Å²) in [6.45, 7) is 3.88. The van der Waals surface area contributed by atoms with Crippen LogP contribution in [0.25, 0.3) is 0 Å². The smallest absolute Gasteiger partial charge is 0.0613 e. The van der Waals surface area contributed by atoms with Crippen molar-refractivity contribution in [2.45, 2.75) is 23.8 Å². The number of rotatable bonds is 8. The molecule has 22 heavy (non-hydrogen) atoms. The van der Waals surface area contributed by atoms with Crippen molar-refractivity contribution in [1.29, 1.82) is 0 Å². The zero-order valence-electron chi connectivity index (χ0n) is 12.5. The minimum atomic E-state index is -0.347. The number of aliphatic hydroxyl groups excluding tert-OH is 1. The highest BCUT2D eigenvalue weighted by molar-refractivity contribution is 9.10. The lowest BCUT2D eigenvalue weighted by Gasteiger charge is -2.19. The number of hydrogen-bond donors (Lipinski definition) is 1. The van der Waals surface area contributed by atoms with Crippen LogP contribution in [0.5, 0.6) is 0 Å². The summed E-state index contributed by atoms with van der Waals surface area (Å²) in [5.74, 6) is 0.957. The summed E-state index contributed by atoms with van der Waals surface area (Å²) in [6, 6.07) is 18.6. The molecular weight excluding hydrogens is 356 g/mol. The quantitative estimate of drug-likeness (QED) is 0.495. The summed E-state index contributed by atoms with van der Waals surface area (Å²) >= 11 is 5.20. The van der Waals surface area contributed by atoms with Crippen LogP contribution in [0.2, 0.25) is 0 Å². The van der Waals surface area contributed by atoms with Crippen molar-refractivity contribution in [3.8, 4) is 0 Å². The molecule has 0 bridgehead atoms. The summed E-state index contributed by atoms with van der Waals surface area (Å²) in [7, 11) is 0. The molecule has 0 radical (unpaired) electrons. The van der Waals surface area contributed by atoms with Crippen LogP contribution in [0.1, 0.15) is 12.0 Å². The highest BCUT2D eigenvalue weighted by Gasteiger charge is 2.16. The zero-order valence-corrected chi connectivity index (χ0v) is 14.9. The Labute approximate surface area is 145 Å². The molecule has 0 saturated heterocycles. The van der Waals surface area contributed by atoms with Gasteiger partial charge < -0.3 is 5.11 Å². The van der Waals surface area contributed by atoms with Gasteiger partial charge in [-0.2, -0.15) is 0 Å². The van der Waals surface area contributed by atoms with E-state index < -0.39 is 0 Å². The average Bonchev–Trinajstić information content (AvgIpc) is 2.56. The van der Waals surface area contributed by atoms with Gasteiger partial charge in [0, 0.05) is 21.0 Å². The number of aliphatic hydroxyl groups is 1. The van der Waals surface area contributed by atoms with E-state index in [1.807, 2.05) is 36.4 Å². The maximum absolute atomic E-state index is 10.4. The number of thioether (sulfide) groups is 1. The Morgan fingerprint density at radius 3 is 2.41 bits per heavy atom. The van der Waals surface area contributed by atoms with Crippen molar-refractivity contribution in [2.75, 3.05) is 5.75 Å². The standard InChI is InChI=1S/C19H21BrOS/c1-2-16(14-22-18-11-9-17(20)10-12-18)19(21)13-8-15-6-4-3-5-7-15/h2-7,9-12,16,19,21H,1,8,13-14H2/t16-,19-/m0/s1. The van der Waals surface area contributed by atoms with E-state index in [4.69, 9.17) is 0 Å². The first kappa shape index (κ1) is 17.3. The third kappa shape index (κ3) is 5.64. The van der Waals surface area contributed by atoms with E-state index in [0.717, 1.165) is 23.1 Å². The Hall–Kier alpha value is -1.03. The number of halogens is 1. The Bertz CT molecular complexity index is 568. The maximum Gasteiger partial charge on any atom is 0.0613 e. The minimum Gasteiger partial charge on any atom is -0.392 e. The summed E-state index contributed by atoms with van der Waals surface area (Å²) in [5, 5.41) is 10.4. The Kier molecular flexibility index (Phi) is 7.23. The van der Waals surface area contributed by atoms with Gasteiger partial charge in [0.1, 0.15) is 0 Å². The number of aryl methyl sites for hydroxylation is 1. The fraction of sp³-hybridized carbons (Fsp3) is 0.263. The monoisotopic (exact) mass is 376 g/mol. The number of benzene rings is 2. The average molecular weight is 377 g/mol. The third-order valence-corrected chi connectivity index (χ3v) is 5.31. The van der Waals surface area contributed by atoms with E-state index in [9.17, 15) is 5.11 Å². The summed E-state index contributed by atoms with van der Waals surface area (Å²) in [6.07, 6.45) is 3.19. The number of hydrogen-bond acceptors (Lipinski definition) is 2. The largest absolute Gasteiger partial charge is 0.392 e. The summed E-state index contributed by atoms with van der Waals surface area (Å²) in [5.41, 5.74) is 1.27. The van der Waals surface area contributed by atoms with Gasteiger partial charge in [0.25, 0.3) is 0 Å². The first-order chi connectivity index (χ1) is 10.7. The second kappa shape index (κ2) is 9.19. The Morgan fingerprint density at radius 2 is 1.77 bits per heavy atom. The highest BCUT2D eigenvalue weighted by atomic mass is 79.9. The van der Waals surface area contributed by atoms with Gasteiger partial charge in [-0.3, -0.25) is 0 Å². The van der Waals surface area contributed by atoms with Gasteiger partial charge in [0.15, 0.2) is 0 Å². The third-order valence-electron chi connectivity index (χ3n) is 3.62. The van der Waals surface area contributed by atoms with Gasteiger partial charge in [-0.15, -0.1) is 18.3 Å². The highest BCUT2D eigenvalue weighted by Crippen LogP contribution is 2.25.